The fourth-order valence-electron chi connectivity index (χ4n) is 4.72. The van der Waals surface area contributed by atoms with Crippen molar-refractivity contribution in [1.29, 1.82) is 0 Å². The van der Waals surface area contributed by atoms with Crippen molar-refractivity contribution < 1.29 is 0 Å². The molecule has 0 saturated carbocycles. The molecule has 2 fully saturated rings. The normalized spacial score (nSPS) is 17.0. The predicted molar refractivity (Wildman–Crippen MR) is 177 cm³/mol. The molecule has 0 unspecified atom stereocenters. The molecule has 2 saturated heterocycles. The lowest BCUT2D eigenvalue weighted by atomic mass is 10.2. The molecule has 0 radical (unpaired) electrons. The van der Waals surface area contributed by atoms with E-state index < -0.39 is 0 Å². The molecule has 4 rings (SSSR count). The number of hydrogen-bond acceptors (Lipinski definition) is 5. The number of benzene rings is 2. The van der Waals surface area contributed by atoms with Gasteiger partial charge in [-0.2, -0.15) is 11.8 Å². The van der Waals surface area contributed by atoms with Gasteiger partial charge in [0.05, 0.1) is 0 Å². The minimum atomic E-state index is 0. The molecule has 0 aromatic heterocycles. The third-order valence-electron chi connectivity index (χ3n) is 6.88. The molecular weight excluding hydrogens is 625 g/mol. The summed E-state index contributed by atoms with van der Waals surface area (Å²) < 4.78 is 0. The molecule has 38 heavy (non-hydrogen) atoms. The van der Waals surface area contributed by atoms with Gasteiger partial charge >= 0.3 is 0 Å². The molecule has 0 aliphatic carbocycles. The van der Waals surface area contributed by atoms with Crippen LogP contribution in [0.3, 0.4) is 0 Å². The second-order valence-electron chi connectivity index (χ2n) is 9.45. The summed E-state index contributed by atoms with van der Waals surface area (Å²) in [4.78, 5) is 10.4. The zero-order chi connectivity index (χ0) is 23.6. The number of hydrogen-bond donors (Lipinski definition) is 0. The average Bonchev–Trinajstić information content (AvgIpc) is 2.86. The second kappa shape index (κ2) is 21.1. The highest BCUT2D eigenvalue weighted by atomic mass is 35.5. The van der Waals surface area contributed by atoms with E-state index >= 15 is 0 Å². The SMILES string of the molecule is Cl.Cl.Cl.Cl.Clc1ccc(CN2CCN(CCCSCCN3CCN(Cc4ccc(Cl)cc4)CC3)CC2)cc1. The highest BCUT2D eigenvalue weighted by molar-refractivity contribution is 7.99. The van der Waals surface area contributed by atoms with Crippen LogP contribution in [0.25, 0.3) is 0 Å². The molecule has 2 aliphatic rings. The van der Waals surface area contributed by atoms with Crippen LogP contribution in [0.5, 0.6) is 0 Å². The van der Waals surface area contributed by atoms with Crippen LogP contribution in [0, 0.1) is 0 Å². The van der Waals surface area contributed by atoms with Gasteiger partial charge in [-0.25, -0.2) is 0 Å². The van der Waals surface area contributed by atoms with Crippen molar-refractivity contribution in [2.45, 2.75) is 19.5 Å². The van der Waals surface area contributed by atoms with E-state index in [0.29, 0.717) is 0 Å². The lowest BCUT2D eigenvalue weighted by Gasteiger charge is -2.35. The van der Waals surface area contributed by atoms with Gasteiger partial charge in [0.15, 0.2) is 0 Å². The van der Waals surface area contributed by atoms with Gasteiger partial charge in [-0.3, -0.25) is 14.7 Å². The van der Waals surface area contributed by atoms with E-state index in [4.69, 9.17) is 23.2 Å². The number of nitrogens with zero attached hydrogens (tertiary/aromatic N) is 4. The first kappa shape index (κ1) is 38.4. The Morgan fingerprint density at radius 1 is 0.500 bits per heavy atom. The molecule has 11 heteroatoms. The standard InChI is InChI=1S/C27H38Cl2N4S.4ClH/c28-26-6-2-24(3-7-26)22-32-15-11-30(12-16-32)10-1-20-34-21-19-31-13-17-33(18-14-31)23-25-4-8-27(29)9-5-25;;;;/h2-9H,1,10-23H2;4*1H. The van der Waals surface area contributed by atoms with Crippen LogP contribution in [0.15, 0.2) is 48.5 Å². The molecule has 0 spiro atoms. The Balaban J connectivity index is 0.00000342. The van der Waals surface area contributed by atoms with Crippen LogP contribution in [0.4, 0.5) is 0 Å². The van der Waals surface area contributed by atoms with Crippen LogP contribution in [-0.4, -0.2) is 96.6 Å². The van der Waals surface area contributed by atoms with Gasteiger partial charge in [0.2, 0.25) is 0 Å². The molecule has 0 atom stereocenters. The highest BCUT2D eigenvalue weighted by Crippen LogP contribution is 2.15. The van der Waals surface area contributed by atoms with Gasteiger partial charge in [-0.05, 0) is 54.1 Å². The van der Waals surface area contributed by atoms with E-state index in [2.05, 4.69) is 55.6 Å². The number of halogens is 6. The number of thioether (sulfide) groups is 1. The van der Waals surface area contributed by atoms with E-state index in [-0.39, 0.29) is 49.6 Å². The lowest BCUT2D eigenvalue weighted by molar-refractivity contribution is 0.127. The Labute approximate surface area is 268 Å². The van der Waals surface area contributed by atoms with Gasteiger partial charge in [0.1, 0.15) is 0 Å². The Morgan fingerprint density at radius 3 is 1.29 bits per heavy atom. The molecule has 218 valence electrons. The maximum Gasteiger partial charge on any atom is 0.0406 e. The molecule has 2 aromatic carbocycles. The molecular formula is C27H42Cl6N4S. The summed E-state index contributed by atoms with van der Waals surface area (Å²) >= 11 is 14.1. The van der Waals surface area contributed by atoms with Crippen LogP contribution in [0.2, 0.25) is 10.0 Å². The van der Waals surface area contributed by atoms with Crippen molar-refractivity contribution in [3.05, 3.63) is 69.7 Å². The third kappa shape index (κ3) is 13.8. The Morgan fingerprint density at radius 2 is 0.868 bits per heavy atom. The summed E-state index contributed by atoms with van der Waals surface area (Å²) in [5.74, 6) is 2.54. The topological polar surface area (TPSA) is 13.0 Å². The fraction of sp³-hybridized carbons (Fsp3) is 0.556. The summed E-state index contributed by atoms with van der Waals surface area (Å²) in [6.45, 7) is 14.0. The molecule has 4 nitrogen and oxygen atoms in total. The maximum atomic E-state index is 6.00. The first-order valence-corrected chi connectivity index (χ1v) is 14.5. The van der Waals surface area contributed by atoms with Crippen LogP contribution < -0.4 is 0 Å². The zero-order valence-corrected chi connectivity index (χ0v) is 27.4. The minimum absolute atomic E-state index is 0. The van der Waals surface area contributed by atoms with E-state index in [0.717, 1.165) is 36.2 Å². The van der Waals surface area contributed by atoms with Crippen molar-refractivity contribution in [3.8, 4) is 0 Å². The monoisotopic (exact) mass is 664 g/mol. The van der Waals surface area contributed by atoms with Gasteiger partial charge in [-0.15, -0.1) is 49.6 Å². The lowest BCUT2D eigenvalue weighted by Crippen LogP contribution is -2.46. The smallest absolute Gasteiger partial charge is 0.0406 e. The summed E-state index contributed by atoms with van der Waals surface area (Å²) in [6.07, 6.45) is 1.30. The maximum absolute atomic E-state index is 6.00. The number of piperazine rings is 2. The van der Waals surface area contributed by atoms with E-state index in [9.17, 15) is 0 Å². The third-order valence-corrected chi connectivity index (χ3v) is 8.44. The molecule has 2 aliphatic heterocycles. The van der Waals surface area contributed by atoms with Crippen LogP contribution >= 0.6 is 84.6 Å². The van der Waals surface area contributed by atoms with Gasteiger partial charge in [-0.1, -0.05) is 47.5 Å². The van der Waals surface area contributed by atoms with Crippen molar-refractivity contribution in [2.24, 2.45) is 0 Å². The average molecular weight is 667 g/mol. The largest absolute Gasteiger partial charge is 0.301 e. The van der Waals surface area contributed by atoms with Crippen molar-refractivity contribution in [3.63, 3.8) is 0 Å². The van der Waals surface area contributed by atoms with Crippen LogP contribution in [-0.2, 0) is 13.1 Å². The van der Waals surface area contributed by atoms with Gasteiger partial charge in [0, 0.05) is 87.8 Å². The van der Waals surface area contributed by atoms with E-state index in [1.54, 1.807) is 0 Å². The van der Waals surface area contributed by atoms with Crippen molar-refractivity contribution >= 4 is 84.6 Å². The highest BCUT2D eigenvalue weighted by Gasteiger charge is 2.18. The van der Waals surface area contributed by atoms with Crippen molar-refractivity contribution in [2.75, 3.05) is 77.0 Å². The summed E-state index contributed by atoms with van der Waals surface area (Å²) in [6, 6.07) is 16.6. The van der Waals surface area contributed by atoms with Crippen molar-refractivity contribution in [1.82, 2.24) is 19.6 Å². The quantitative estimate of drug-likeness (QED) is 0.246. The van der Waals surface area contributed by atoms with Crippen LogP contribution in [0.1, 0.15) is 17.5 Å². The summed E-state index contributed by atoms with van der Waals surface area (Å²) in [5.41, 5.74) is 2.72. The first-order chi connectivity index (χ1) is 16.6. The zero-order valence-electron chi connectivity index (χ0n) is 21.8. The predicted octanol–water partition coefficient (Wildman–Crippen LogP) is 6.74. The van der Waals surface area contributed by atoms with Gasteiger partial charge in [0.25, 0.3) is 0 Å². The molecule has 0 bridgehead atoms. The molecule has 2 heterocycles. The minimum Gasteiger partial charge on any atom is -0.301 e. The number of rotatable bonds is 11. The molecule has 2 aromatic rings. The molecule has 0 N–H and O–H groups in total. The second-order valence-corrected chi connectivity index (χ2v) is 11.6. The Kier molecular flexibility index (Phi) is 21.3. The fourth-order valence-corrected chi connectivity index (χ4v) is 5.90. The van der Waals surface area contributed by atoms with E-state index in [1.807, 2.05) is 24.3 Å². The molecule has 0 amide bonds. The first-order valence-electron chi connectivity index (χ1n) is 12.6. The van der Waals surface area contributed by atoms with E-state index in [1.165, 1.54) is 81.4 Å². The van der Waals surface area contributed by atoms with Gasteiger partial charge < -0.3 is 4.90 Å². The summed E-state index contributed by atoms with van der Waals surface area (Å²) in [5, 5.41) is 1.64. The summed E-state index contributed by atoms with van der Waals surface area (Å²) in [7, 11) is 0. The Hall–Kier alpha value is 0.370. The Bertz CT molecular complexity index is 774.